The molecular weight excluding hydrogens is 302 g/mol. The molecule has 0 radical (unpaired) electrons. The average Bonchev–Trinajstić information content (AvgIpc) is 2.33. The summed E-state index contributed by atoms with van der Waals surface area (Å²) in [6.07, 6.45) is 1.61. The van der Waals surface area contributed by atoms with E-state index in [1.54, 1.807) is 6.20 Å². The third-order valence-electron chi connectivity index (χ3n) is 2.23. The minimum absolute atomic E-state index is 0.00961. The SMILES string of the molecule is CC(C)n1ncc(NCCOCCO)c(Br)c1=O. The Hall–Kier alpha value is -0.920. The molecule has 102 valence electrons. The molecule has 2 N–H and O–H groups in total. The number of ether oxygens (including phenoxy) is 1. The lowest BCUT2D eigenvalue weighted by Crippen LogP contribution is -2.26. The summed E-state index contributed by atoms with van der Waals surface area (Å²) < 4.78 is 6.99. The second kappa shape index (κ2) is 7.50. The van der Waals surface area contributed by atoms with Crippen molar-refractivity contribution in [3.63, 3.8) is 0 Å². The highest BCUT2D eigenvalue weighted by molar-refractivity contribution is 9.10. The van der Waals surface area contributed by atoms with Gasteiger partial charge >= 0.3 is 0 Å². The number of hydrogen-bond acceptors (Lipinski definition) is 5. The average molecular weight is 320 g/mol. The summed E-state index contributed by atoms with van der Waals surface area (Å²) in [6, 6.07) is 0.0238. The first-order chi connectivity index (χ1) is 8.57. The van der Waals surface area contributed by atoms with Gasteiger partial charge in [0.25, 0.3) is 5.56 Å². The van der Waals surface area contributed by atoms with Crippen LogP contribution in [0.2, 0.25) is 0 Å². The van der Waals surface area contributed by atoms with Crippen LogP contribution in [0.15, 0.2) is 15.5 Å². The number of anilines is 1. The Morgan fingerprint density at radius 1 is 1.56 bits per heavy atom. The van der Waals surface area contributed by atoms with E-state index >= 15 is 0 Å². The van der Waals surface area contributed by atoms with E-state index in [1.807, 2.05) is 13.8 Å². The van der Waals surface area contributed by atoms with Crippen LogP contribution in [0.4, 0.5) is 5.69 Å². The number of rotatable bonds is 7. The normalized spacial score (nSPS) is 10.9. The van der Waals surface area contributed by atoms with Crippen molar-refractivity contribution in [2.24, 2.45) is 0 Å². The van der Waals surface area contributed by atoms with E-state index in [1.165, 1.54) is 4.68 Å². The van der Waals surface area contributed by atoms with Crippen LogP contribution in [0, 0.1) is 0 Å². The zero-order valence-electron chi connectivity index (χ0n) is 10.5. The molecule has 0 saturated heterocycles. The Morgan fingerprint density at radius 3 is 2.89 bits per heavy atom. The lowest BCUT2D eigenvalue weighted by molar-refractivity contribution is 0.0992. The molecule has 0 atom stereocenters. The number of halogens is 1. The summed E-state index contributed by atoms with van der Waals surface area (Å²) in [7, 11) is 0. The van der Waals surface area contributed by atoms with Gasteiger partial charge in [-0.25, -0.2) is 4.68 Å². The van der Waals surface area contributed by atoms with Gasteiger partial charge in [0.15, 0.2) is 0 Å². The highest BCUT2D eigenvalue weighted by atomic mass is 79.9. The van der Waals surface area contributed by atoms with E-state index in [4.69, 9.17) is 9.84 Å². The molecule has 1 aromatic rings. The predicted molar refractivity (Wildman–Crippen MR) is 73.0 cm³/mol. The molecule has 0 aromatic carbocycles. The van der Waals surface area contributed by atoms with Gasteiger partial charge in [-0.1, -0.05) is 0 Å². The van der Waals surface area contributed by atoms with Gasteiger partial charge in [0.1, 0.15) is 4.47 Å². The first-order valence-corrected chi connectivity index (χ1v) is 6.57. The van der Waals surface area contributed by atoms with Crippen LogP contribution in [0.3, 0.4) is 0 Å². The smallest absolute Gasteiger partial charge is 0.283 e. The van der Waals surface area contributed by atoms with E-state index in [2.05, 4.69) is 26.3 Å². The van der Waals surface area contributed by atoms with Crippen LogP contribution in [0.1, 0.15) is 19.9 Å². The maximum absolute atomic E-state index is 11.9. The van der Waals surface area contributed by atoms with E-state index < -0.39 is 0 Å². The summed E-state index contributed by atoms with van der Waals surface area (Å²) in [5, 5.41) is 15.7. The van der Waals surface area contributed by atoms with Gasteiger partial charge in [-0.3, -0.25) is 4.79 Å². The largest absolute Gasteiger partial charge is 0.394 e. The summed E-state index contributed by atoms with van der Waals surface area (Å²) in [4.78, 5) is 11.9. The number of hydrogen-bond donors (Lipinski definition) is 2. The second-order valence-corrected chi connectivity index (χ2v) is 4.77. The van der Waals surface area contributed by atoms with Gasteiger partial charge in [-0.15, -0.1) is 0 Å². The minimum atomic E-state index is -0.161. The second-order valence-electron chi connectivity index (χ2n) is 3.98. The molecule has 0 amide bonds. The van der Waals surface area contributed by atoms with Crippen molar-refractivity contribution in [3.05, 3.63) is 21.0 Å². The van der Waals surface area contributed by atoms with Crippen molar-refractivity contribution < 1.29 is 9.84 Å². The molecule has 1 heterocycles. The van der Waals surface area contributed by atoms with Gasteiger partial charge in [-0.2, -0.15) is 5.10 Å². The Kier molecular flexibility index (Phi) is 6.31. The Labute approximate surface area is 114 Å². The van der Waals surface area contributed by atoms with Crippen molar-refractivity contribution in [1.29, 1.82) is 0 Å². The van der Waals surface area contributed by atoms with Gasteiger partial charge < -0.3 is 15.2 Å². The molecule has 0 bridgehead atoms. The molecular formula is C11H18BrN3O3. The predicted octanol–water partition coefficient (Wildman–Crippen LogP) is 1.01. The van der Waals surface area contributed by atoms with Gasteiger partial charge in [0, 0.05) is 6.54 Å². The van der Waals surface area contributed by atoms with E-state index in [9.17, 15) is 4.79 Å². The maximum Gasteiger partial charge on any atom is 0.283 e. The standard InChI is InChI=1S/C11H18BrN3O3/c1-8(2)15-11(17)10(12)9(7-14-15)13-3-5-18-6-4-16/h7-8,13,16H,3-6H2,1-2H3. The van der Waals surface area contributed by atoms with Crippen molar-refractivity contribution in [2.45, 2.75) is 19.9 Å². The molecule has 1 aromatic heterocycles. The molecule has 0 aliphatic carbocycles. The monoisotopic (exact) mass is 319 g/mol. The summed E-state index contributed by atoms with van der Waals surface area (Å²) in [5.74, 6) is 0. The van der Waals surface area contributed by atoms with Crippen LogP contribution in [0.5, 0.6) is 0 Å². The highest BCUT2D eigenvalue weighted by Gasteiger charge is 2.10. The Morgan fingerprint density at radius 2 is 2.28 bits per heavy atom. The van der Waals surface area contributed by atoms with Crippen molar-refractivity contribution in [2.75, 3.05) is 31.7 Å². The van der Waals surface area contributed by atoms with Crippen molar-refractivity contribution in [1.82, 2.24) is 9.78 Å². The lowest BCUT2D eigenvalue weighted by atomic mass is 10.4. The van der Waals surface area contributed by atoms with Crippen LogP contribution in [-0.4, -0.2) is 41.3 Å². The molecule has 7 heteroatoms. The first-order valence-electron chi connectivity index (χ1n) is 5.77. The molecule has 6 nitrogen and oxygen atoms in total. The Balaban J connectivity index is 2.63. The van der Waals surface area contributed by atoms with E-state index in [0.29, 0.717) is 29.9 Å². The summed E-state index contributed by atoms with van der Waals surface area (Å²) in [5.41, 5.74) is 0.482. The van der Waals surface area contributed by atoms with Gasteiger partial charge in [0.2, 0.25) is 0 Å². The molecule has 0 aliphatic heterocycles. The number of nitrogens with zero attached hydrogens (tertiary/aromatic N) is 2. The van der Waals surface area contributed by atoms with Crippen LogP contribution < -0.4 is 10.9 Å². The fourth-order valence-corrected chi connectivity index (χ4v) is 1.78. The highest BCUT2D eigenvalue weighted by Crippen LogP contribution is 2.16. The third kappa shape index (κ3) is 4.08. The maximum atomic E-state index is 11.9. The fraction of sp³-hybridized carbons (Fsp3) is 0.636. The van der Waals surface area contributed by atoms with Gasteiger partial charge in [0.05, 0.1) is 37.7 Å². The lowest BCUT2D eigenvalue weighted by Gasteiger charge is -2.12. The topological polar surface area (TPSA) is 76.4 Å². The Bertz CT molecular complexity index is 434. The van der Waals surface area contributed by atoms with Crippen LogP contribution >= 0.6 is 15.9 Å². The quantitative estimate of drug-likeness (QED) is 0.733. The molecule has 0 saturated carbocycles. The minimum Gasteiger partial charge on any atom is -0.394 e. The number of nitrogens with one attached hydrogen (secondary N) is 1. The summed E-state index contributed by atoms with van der Waals surface area (Å²) >= 11 is 3.27. The molecule has 0 unspecified atom stereocenters. The number of aliphatic hydroxyl groups is 1. The van der Waals surface area contributed by atoms with Crippen molar-refractivity contribution >= 4 is 21.6 Å². The number of aromatic nitrogens is 2. The van der Waals surface area contributed by atoms with E-state index in [0.717, 1.165) is 0 Å². The van der Waals surface area contributed by atoms with Crippen LogP contribution in [0.25, 0.3) is 0 Å². The molecule has 1 rings (SSSR count). The fourth-order valence-electron chi connectivity index (χ4n) is 1.36. The molecule has 0 fully saturated rings. The molecule has 0 aliphatic rings. The first kappa shape index (κ1) is 15.1. The van der Waals surface area contributed by atoms with Crippen LogP contribution in [-0.2, 0) is 4.74 Å². The zero-order valence-corrected chi connectivity index (χ0v) is 12.1. The van der Waals surface area contributed by atoms with Crippen molar-refractivity contribution in [3.8, 4) is 0 Å². The third-order valence-corrected chi connectivity index (χ3v) is 3.00. The molecule has 0 spiro atoms. The van der Waals surface area contributed by atoms with E-state index in [-0.39, 0.29) is 18.2 Å². The number of aliphatic hydroxyl groups excluding tert-OH is 1. The van der Waals surface area contributed by atoms with Gasteiger partial charge in [-0.05, 0) is 29.8 Å². The summed E-state index contributed by atoms with van der Waals surface area (Å²) in [6.45, 7) is 5.13. The molecule has 18 heavy (non-hydrogen) atoms. The zero-order chi connectivity index (χ0) is 13.5.